The van der Waals surface area contributed by atoms with Crippen LogP contribution in [0.1, 0.15) is 6.92 Å². The predicted molar refractivity (Wildman–Crippen MR) is 51.4 cm³/mol. The number of hydrogen-bond acceptors (Lipinski definition) is 5. The van der Waals surface area contributed by atoms with Crippen molar-refractivity contribution in [3.8, 4) is 5.19 Å². The van der Waals surface area contributed by atoms with Gasteiger partial charge in [-0.1, -0.05) is 22.9 Å². The average Bonchev–Trinajstić information content (AvgIpc) is 2.49. The van der Waals surface area contributed by atoms with Crippen LogP contribution in [0.15, 0.2) is 6.33 Å². The molecular weight excluding hydrogens is 210 g/mol. The van der Waals surface area contributed by atoms with E-state index in [0.29, 0.717) is 22.5 Å². The molecule has 0 saturated heterocycles. The lowest BCUT2D eigenvalue weighted by Gasteiger charge is -1.92. The van der Waals surface area contributed by atoms with Crippen molar-refractivity contribution in [2.75, 3.05) is 6.61 Å². The fourth-order valence-electron chi connectivity index (χ4n) is 0.893. The quantitative estimate of drug-likeness (QED) is 0.721. The van der Waals surface area contributed by atoms with Crippen LogP contribution in [-0.4, -0.2) is 21.6 Å². The van der Waals surface area contributed by atoms with Gasteiger partial charge in [-0.25, -0.2) is 9.97 Å². The summed E-state index contributed by atoms with van der Waals surface area (Å²) in [6.07, 6.45) is 1.42. The fraction of sp³-hybridized carbons (Fsp3) is 0.286. The summed E-state index contributed by atoms with van der Waals surface area (Å²) in [5.41, 5.74) is 0.609. The maximum absolute atomic E-state index is 5.81. The first-order valence-corrected chi connectivity index (χ1v) is 4.90. The molecule has 0 saturated carbocycles. The third-order valence-electron chi connectivity index (χ3n) is 1.40. The molecule has 2 aromatic heterocycles. The largest absolute Gasteiger partial charge is 0.470 e. The number of aromatic nitrogens is 3. The van der Waals surface area contributed by atoms with E-state index in [1.165, 1.54) is 17.7 Å². The number of thiazole rings is 1. The summed E-state index contributed by atoms with van der Waals surface area (Å²) >= 11 is 7.18. The third kappa shape index (κ3) is 1.57. The molecule has 0 amide bonds. The minimum absolute atomic E-state index is 0.368. The zero-order chi connectivity index (χ0) is 9.26. The van der Waals surface area contributed by atoms with Crippen LogP contribution in [0.4, 0.5) is 0 Å². The maximum Gasteiger partial charge on any atom is 0.275 e. The number of ether oxygens (including phenoxy) is 1. The molecule has 0 unspecified atom stereocenters. The van der Waals surface area contributed by atoms with Crippen LogP contribution in [0.3, 0.4) is 0 Å². The molecule has 0 aliphatic heterocycles. The van der Waals surface area contributed by atoms with E-state index in [4.69, 9.17) is 16.3 Å². The fourth-order valence-corrected chi connectivity index (χ4v) is 1.94. The number of nitrogens with zero attached hydrogens (tertiary/aromatic N) is 3. The van der Waals surface area contributed by atoms with Gasteiger partial charge in [0.25, 0.3) is 5.19 Å². The van der Waals surface area contributed by atoms with Crippen LogP contribution in [0, 0.1) is 0 Å². The van der Waals surface area contributed by atoms with E-state index in [2.05, 4.69) is 15.0 Å². The Bertz CT molecular complexity index is 431. The van der Waals surface area contributed by atoms with E-state index in [0.717, 1.165) is 4.83 Å². The van der Waals surface area contributed by atoms with Crippen LogP contribution in [0.5, 0.6) is 5.19 Å². The molecule has 0 bridgehead atoms. The van der Waals surface area contributed by atoms with Crippen molar-refractivity contribution in [3.05, 3.63) is 11.5 Å². The van der Waals surface area contributed by atoms with E-state index in [1.54, 1.807) is 0 Å². The molecule has 0 atom stereocenters. The lowest BCUT2D eigenvalue weighted by Crippen LogP contribution is -1.89. The molecule has 0 aliphatic carbocycles. The minimum Gasteiger partial charge on any atom is -0.470 e. The Morgan fingerprint density at radius 2 is 2.38 bits per heavy atom. The molecule has 0 spiro atoms. The first kappa shape index (κ1) is 8.65. The Balaban J connectivity index is 2.55. The van der Waals surface area contributed by atoms with Crippen LogP contribution < -0.4 is 4.74 Å². The van der Waals surface area contributed by atoms with Gasteiger partial charge in [0, 0.05) is 0 Å². The van der Waals surface area contributed by atoms with Crippen molar-refractivity contribution in [2.45, 2.75) is 6.92 Å². The van der Waals surface area contributed by atoms with Crippen LogP contribution in [-0.2, 0) is 0 Å². The van der Waals surface area contributed by atoms with Gasteiger partial charge >= 0.3 is 0 Å². The highest BCUT2D eigenvalue weighted by Crippen LogP contribution is 2.28. The van der Waals surface area contributed by atoms with Crippen molar-refractivity contribution in [1.82, 2.24) is 15.0 Å². The standard InChI is InChI=1S/C7H6ClN3OS/c1-2-12-7-11-4-5(8)9-3-10-6(4)13-7/h3H,2H2,1H3. The van der Waals surface area contributed by atoms with E-state index in [-0.39, 0.29) is 0 Å². The minimum atomic E-state index is 0.368. The SMILES string of the molecule is CCOc1nc2c(Cl)ncnc2s1. The van der Waals surface area contributed by atoms with E-state index < -0.39 is 0 Å². The Morgan fingerprint density at radius 3 is 3.08 bits per heavy atom. The molecule has 0 aliphatic rings. The molecule has 13 heavy (non-hydrogen) atoms. The normalized spacial score (nSPS) is 10.6. The molecule has 0 radical (unpaired) electrons. The van der Waals surface area contributed by atoms with Crippen molar-refractivity contribution in [1.29, 1.82) is 0 Å². The number of halogens is 1. The highest BCUT2D eigenvalue weighted by Gasteiger charge is 2.08. The number of rotatable bonds is 2. The summed E-state index contributed by atoms with van der Waals surface area (Å²) in [6, 6.07) is 0. The smallest absolute Gasteiger partial charge is 0.275 e. The lowest BCUT2D eigenvalue weighted by atomic mass is 10.6. The molecular formula is C7H6ClN3OS. The Hall–Kier alpha value is -0.940. The predicted octanol–water partition coefficient (Wildman–Crippen LogP) is 2.14. The summed E-state index contributed by atoms with van der Waals surface area (Å²) < 4.78 is 5.23. The molecule has 0 aromatic carbocycles. The van der Waals surface area contributed by atoms with Crippen molar-refractivity contribution in [3.63, 3.8) is 0 Å². The molecule has 68 valence electrons. The zero-order valence-corrected chi connectivity index (χ0v) is 8.39. The second kappa shape index (κ2) is 3.43. The van der Waals surface area contributed by atoms with Gasteiger partial charge < -0.3 is 4.74 Å². The van der Waals surface area contributed by atoms with Gasteiger partial charge in [-0.3, -0.25) is 0 Å². The molecule has 4 nitrogen and oxygen atoms in total. The van der Waals surface area contributed by atoms with E-state index in [1.807, 2.05) is 6.92 Å². The first-order valence-electron chi connectivity index (χ1n) is 3.71. The number of fused-ring (bicyclic) bond motifs is 1. The Kier molecular flexibility index (Phi) is 2.28. The summed E-state index contributed by atoms with van der Waals surface area (Å²) in [5, 5.41) is 0.951. The van der Waals surface area contributed by atoms with E-state index >= 15 is 0 Å². The number of hydrogen-bond donors (Lipinski definition) is 0. The van der Waals surface area contributed by atoms with Gasteiger partial charge in [0.15, 0.2) is 9.98 Å². The van der Waals surface area contributed by atoms with Crippen molar-refractivity contribution >= 4 is 33.3 Å². The Labute approximate surface area is 83.6 Å². The van der Waals surface area contributed by atoms with Gasteiger partial charge in [0.1, 0.15) is 11.8 Å². The topological polar surface area (TPSA) is 47.9 Å². The first-order chi connectivity index (χ1) is 6.31. The van der Waals surface area contributed by atoms with Gasteiger partial charge in [-0.05, 0) is 6.92 Å². The van der Waals surface area contributed by atoms with Crippen molar-refractivity contribution in [2.24, 2.45) is 0 Å². The molecule has 0 fully saturated rings. The highest BCUT2D eigenvalue weighted by atomic mass is 35.5. The van der Waals surface area contributed by atoms with Crippen LogP contribution in [0.25, 0.3) is 10.3 Å². The summed E-state index contributed by atoms with van der Waals surface area (Å²) in [7, 11) is 0. The monoisotopic (exact) mass is 215 g/mol. The summed E-state index contributed by atoms with van der Waals surface area (Å²) in [6.45, 7) is 2.49. The third-order valence-corrected chi connectivity index (χ3v) is 2.55. The van der Waals surface area contributed by atoms with Crippen LogP contribution >= 0.6 is 22.9 Å². The average molecular weight is 216 g/mol. The summed E-state index contributed by atoms with van der Waals surface area (Å²) in [5.74, 6) is 0. The van der Waals surface area contributed by atoms with Gasteiger partial charge in [0.2, 0.25) is 0 Å². The van der Waals surface area contributed by atoms with E-state index in [9.17, 15) is 0 Å². The van der Waals surface area contributed by atoms with Crippen molar-refractivity contribution < 1.29 is 4.74 Å². The Morgan fingerprint density at radius 1 is 1.54 bits per heavy atom. The van der Waals surface area contributed by atoms with Gasteiger partial charge in [-0.2, -0.15) is 4.98 Å². The summed E-state index contributed by atoms with van der Waals surface area (Å²) in [4.78, 5) is 12.7. The second-order valence-corrected chi connectivity index (χ2v) is 3.53. The zero-order valence-electron chi connectivity index (χ0n) is 6.82. The van der Waals surface area contributed by atoms with Gasteiger partial charge in [0.05, 0.1) is 6.61 Å². The highest BCUT2D eigenvalue weighted by molar-refractivity contribution is 7.19. The van der Waals surface area contributed by atoms with Crippen LogP contribution in [0.2, 0.25) is 5.15 Å². The molecule has 0 N–H and O–H groups in total. The molecule has 2 aromatic rings. The lowest BCUT2D eigenvalue weighted by molar-refractivity contribution is 0.339. The maximum atomic E-state index is 5.81. The molecule has 2 heterocycles. The van der Waals surface area contributed by atoms with Gasteiger partial charge in [-0.15, -0.1) is 0 Å². The molecule has 6 heteroatoms. The molecule has 2 rings (SSSR count). The second-order valence-electron chi connectivity index (χ2n) is 2.23.